The summed E-state index contributed by atoms with van der Waals surface area (Å²) in [5.41, 5.74) is 12.4. The minimum atomic E-state index is 0.817. The Balaban J connectivity index is 1.31. The van der Waals surface area contributed by atoms with Crippen molar-refractivity contribution in [3.8, 4) is 22.3 Å². The van der Waals surface area contributed by atoms with Gasteiger partial charge in [-0.05, 0) is 88.1 Å². The van der Waals surface area contributed by atoms with Crippen LogP contribution in [0.1, 0.15) is 0 Å². The van der Waals surface area contributed by atoms with Crippen molar-refractivity contribution in [3.63, 3.8) is 0 Å². The van der Waals surface area contributed by atoms with Crippen LogP contribution in [-0.2, 0) is 0 Å². The topological polar surface area (TPSA) is 19.6 Å². The Morgan fingerprint density at radius 2 is 0.873 bits per heavy atom. The first-order valence-electron chi connectivity index (χ1n) is 18.7. The molecule has 9 aromatic carbocycles. The third-order valence-electron chi connectivity index (χ3n) is 10.4. The van der Waals surface area contributed by atoms with Gasteiger partial charge in [0.25, 0.3) is 0 Å². The second kappa shape index (κ2) is 13.9. The maximum Gasteiger partial charge on any atom is 0.161 e. The number of hydrogen-bond acceptors (Lipinski definition) is 3. The summed E-state index contributed by atoms with van der Waals surface area (Å²) >= 11 is 0. The maximum atomic E-state index is 7.13. The molecular formula is C52H36N2O. The van der Waals surface area contributed by atoms with Gasteiger partial charge < -0.3 is 14.2 Å². The molecule has 260 valence electrons. The molecule has 0 fully saturated rings. The van der Waals surface area contributed by atoms with Crippen molar-refractivity contribution in [3.05, 3.63) is 218 Å². The van der Waals surface area contributed by atoms with Gasteiger partial charge in [0.05, 0.1) is 11.4 Å². The summed E-state index contributed by atoms with van der Waals surface area (Å²) in [6, 6.07) is 77.4. The molecule has 0 aliphatic rings. The van der Waals surface area contributed by atoms with Crippen LogP contribution in [0.4, 0.5) is 34.1 Å². The lowest BCUT2D eigenvalue weighted by Gasteiger charge is -2.34. The number of nitrogens with zero attached hydrogens (tertiary/aromatic N) is 2. The van der Waals surface area contributed by atoms with E-state index in [0.717, 1.165) is 67.2 Å². The highest BCUT2D eigenvalue weighted by molar-refractivity contribution is 6.22. The van der Waals surface area contributed by atoms with Crippen LogP contribution in [0.25, 0.3) is 55.0 Å². The number of benzene rings is 9. The lowest BCUT2D eigenvalue weighted by Crippen LogP contribution is -2.17. The fourth-order valence-corrected chi connectivity index (χ4v) is 7.92. The molecule has 1 heterocycles. The average molecular weight is 705 g/mol. The highest BCUT2D eigenvalue weighted by atomic mass is 16.3. The van der Waals surface area contributed by atoms with Crippen LogP contribution in [-0.4, -0.2) is 0 Å². The first-order chi connectivity index (χ1) is 27.3. The van der Waals surface area contributed by atoms with Crippen LogP contribution < -0.4 is 9.80 Å². The molecule has 0 aliphatic carbocycles. The van der Waals surface area contributed by atoms with Gasteiger partial charge in [-0.15, -0.1) is 0 Å². The lowest BCUT2D eigenvalue weighted by atomic mass is 9.99. The van der Waals surface area contributed by atoms with E-state index in [1.165, 1.54) is 21.9 Å². The van der Waals surface area contributed by atoms with Crippen molar-refractivity contribution in [2.75, 3.05) is 9.80 Å². The van der Waals surface area contributed by atoms with E-state index in [1.54, 1.807) is 0 Å². The zero-order chi connectivity index (χ0) is 36.6. The number of anilines is 6. The molecule has 0 atom stereocenters. The summed E-state index contributed by atoms with van der Waals surface area (Å²) < 4.78 is 7.13. The molecule has 1 aromatic heterocycles. The summed E-state index contributed by atoms with van der Waals surface area (Å²) in [5, 5.41) is 4.53. The number of para-hydroxylation sites is 3. The van der Waals surface area contributed by atoms with Crippen molar-refractivity contribution in [1.29, 1.82) is 0 Å². The van der Waals surface area contributed by atoms with Crippen molar-refractivity contribution in [2.45, 2.75) is 0 Å². The van der Waals surface area contributed by atoms with E-state index < -0.39 is 0 Å². The van der Waals surface area contributed by atoms with E-state index in [2.05, 4.69) is 228 Å². The Bertz CT molecular complexity index is 2900. The number of fused-ring (bicyclic) bond motifs is 5. The summed E-state index contributed by atoms with van der Waals surface area (Å²) in [7, 11) is 0. The minimum absolute atomic E-state index is 0.817. The van der Waals surface area contributed by atoms with Crippen molar-refractivity contribution in [2.24, 2.45) is 0 Å². The Kier molecular flexibility index (Phi) is 8.16. The molecule has 0 N–H and O–H groups in total. The predicted molar refractivity (Wildman–Crippen MR) is 231 cm³/mol. The van der Waals surface area contributed by atoms with Gasteiger partial charge in [-0.25, -0.2) is 0 Å². The Morgan fingerprint density at radius 1 is 0.327 bits per heavy atom. The Labute approximate surface area is 320 Å². The SMILES string of the molecule is c1ccc(-c2ccc(N(c3ccccc3)c3ccc4c(oc5ccc6ccccc6c54)c3N(c3ccccc3)c3ccccc3-c3ccccc3)cc2)cc1. The van der Waals surface area contributed by atoms with Gasteiger partial charge in [-0.2, -0.15) is 0 Å². The monoisotopic (exact) mass is 704 g/mol. The Morgan fingerprint density at radius 3 is 1.58 bits per heavy atom. The molecule has 10 rings (SSSR count). The van der Waals surface area contributed by atoms with Crippen LogP contribution in [0.5, 0.6) is 0 Å². The van der Waals surface area contributed by atoms with Gasteiger partial charge in [0, 0.05) is 33.4 Å². The van der Waals surface area contributed by atoms with E-state index in [1.807, 2.05) is 0 Å². The number of hydrogen-bond donors (Lipinski definition) is 0. The van der Waals surface area contributed by atoms with Crippen LogP contribution in [0.3, 0.4) is 0 Å². The molecule has 0 radical (unpaired) electrons. The smallest absolute Gasteiger partial charge is 0.161 e. The molecule has 10 aromatic rings. The fourth-order valence-electron chi connectivity index (χ4n) is 7.92. The first kappa shape index (κ1) is 32.3. The second-order valence-corrected chi connectivity index (χ2v) is 13.7. The van der Waals surface area contributed by atoms with Gasteiger partial charge in [0.15, 0.2) is 5.58 Å². The molecule has 55 heavy (non-hydrogen) atoms. The molecule has 0 bridgehead atoms. The quantitative estimate of drug-likeness (QED) is 0.157. The Hall–Kier alpha value is -7.36. The van der Waals surface area contributed by atoms with Crippen molar-refractivity contribution in [1.82, 2.24) is 0 Å². The minimum Gasteiger partial charge on any atom is -0.454 e. The van der Waals surface area contributed by atoms with Crippen LogP contribution in [0.2, 0.25) is 0 Å². The largest absolute Gasteiger partial charge is 0.454 e. The van der Waals surface area contributed by atoms with E-state index in [9.17, 15) is 0 Å². The highest BCUT2D eigenvalue weighted by Crippen LogP contribution is 2.52. The average Bonchev–Trinajstić information content (AvgIpc) is 3.66. The molecule has 0 aliphatic heterocycles. The third-order valence-corrected chi connectivity index (χ3v) is 10.4. The van der Waals surface area contributed by atoms with Gasteiger partial charge in [-0.1, -0.05) is 158 Å². The predicted octanol–water partition coefficient (Wildman–Crippen LogP) is 15.0. The highest BCUT2D eigenvalue weighted by Gasteiger charge is 2.29. The van der Waals surface area contributed by atoms with Gasteiger partial charge in [0.2, 0.25) is 0 Å². The molecule has 3 nitrogen and oxygen atoms in total. The third kappa shape index (κ3) is 5.80. The zero-order valence-electron chi connectivity index (χ0n) is 30.1. The van der Waals surface area contributed by atoms with Gasteiger partial charge >= 0.3 is 0 Å². The second-order valence-electron chi connectivity index (χ2n) is 13.7. The van der Waals surface area contributed by atoms with Gasteiger partial charge in [0.1, 0.15) is 11.3 Å². The summed E-state index contributed by atoms with van der Waals surface area (Å²) in [6.07, 6.45) is 0. The summed E-state index contributed by atoms with van der Waals surface area (Å²) in [4.78, 5) is 4.74. The van der Waals surface area contributed by atoms with Crippen LogP contribution in [0.15, 0.2) is 223 Å². The van der Waals surface area contributed by atoms with Crippen molar-refractivity contribution < 1.29 is 4.42 Å². The van der Waals surface area contributed by atoms with E-state index in [4.69, 9.17) is 4.42 Å². The number of furan rings is 1. The van der Waals surface area contributed by atoms with E-state index in [-0.39, 0.29) is 0 Å². The molecule has 3 heteroatoms. The maximum absolute atomic E-state index is 7.13. The molecule has 0 spiro atoms. The van der Waals surface area contributed by atoms with E-state index >= 15 is 0 Å². The van der Waals surface area contributed by atoms with Crippen LogP contribution in [0, 0.1) is 0 Å². The van der Waals surface area contributed by atoms with E-state index in [0.29, 0.717) is 0 Å². The molecule has 0 saturated carbocycles. The standard InChI is InChI=1S/C52H36N2O/c1-5-17-37(18-6-1)38-29-32-43(33-30-38)53(41-22-9-3-10-23-41)48-35-34-46-50-45-27-14-13-21-40(45)31-36-49(50)55-52(46)51(48)54(42-24-11-4-12-25-42)47-28-16-15-26-44(47)39-19-7-2-8-20-39/h1-36H. The molecule has 0 amide bonds. The summed E-state index contributed by atoms with van der Waals surface area (Å²) in [5.74, 6) is 0. The first-order valence-corrected chi connectivity index (χ1v) is 18.7. The normalized spacial score (nSPS) is 11.3. The summed E-state index contributed by atoms with van der Waals surface area (Å²) in [6.45, 7) is 0. The van der Waals surface area contributed by atoms with Crippen LogP contribution >= 0.6 is 0 Å². The molecular weight excluding hydrogens is 669 g/mol. The molecule has 0 saturated heterocycles. The lowest BCUT2D eigenvalue weighted by molar-refractivity contribution is 0.669. The molecule has 0 unspecified atom stereocenters. The van der Waals surface area contributed by atoms with Crippen molar-refractivity contribution >= 4 is 66.8 Å². The van der Waals surface area contributed by atoms with Gasteiger partial charge in [-0.3, -0.25) is 0 Å². The number of rotatable bonds is 8. The fraction of sp³-hybridized carbons (Fsp3) is 0. The zero-order valence-corrected chi connectivity index (χ0v) is 30.1.